The number of rotatable bonds is 6. The van der Waals surface area contributed by atoms with Gasteiger partial charge in [0.25, 0.3) is 5.69 Å². The van der Waals surface area contributed by atoms with Crippen LogP contribution in [0.5, 0.6) is 0 Å². The second kappa shape index (κ2) is 9.69. The number of hydrazone groups is 1. The van der Waals surface area contributed by atoms with Gasteiger partial charge in [-0.2, -0.15) is 5.10 Å². The van der Waals surface area contributed by atoms with Crippen molar-refractivity contribution in [3.63, 3.8) is 0 Å². The van der Waals surface area contributed by atoms with Crippen molar-refractivity contribution in [3.8, 4) is 0 Å². The first-order valence-corrected chi connectivity index (χ1v) is 12.2. The minimum Gasteiger partial charge on any atom is -0.336 e. The minimum absolute atomic E-state index is 0.0110. The summed E-state index contributed by atoms with van der Waals surface area (Å²) in [7, 11) is 0. The van der Waals surface area contributed by atoms with E-state index in [1.54, 1.807) is 29.6 Å². The highest BCUT2D eigenvalue weighted by Gasteiger charge is 2.31. The van der Waals surface area contributed by atoms with Crippen molar-refractivity contribution >= 4 is 62.5 Å². The number of nitro groups is 1. The van der Waals surface area contributed by atoms with Crippen LogP contribution in [0.3, 0.4) is 0 Å². The van der Waals surface area contributed by atoms with Crippen LogP contribution in [-0.4, -0.2) is 27.0 Å². The molecule has 0 radical (unpaired) electrons. The number of anilines is 1. The number of amidine groups is 1. The number of nitro benzene ring substituents is 1. The van der Waals surface area contributed by atoms with E-state index in [0.29, 0.717) is 11.4 Å². The second-order valence-electron chi connectivity index (χ2n) is 7.33. The molecule has 0 fully saturated rings. The van der Waals surface area contributed by atoms with Crippen LogP contribution in [0.1, 0.15) is 22.9 Å². The Balaban J connectivity index is 1.63. The normalized spacial score (nSPS) is 15.1. The largest absolute Gasteiger partial charge is 0.336 e. The fraction of sp³-hybridized carbons (Fsp3) is 0.0417. The van der Waals surface area contributed by atoms with Gasteiger partial charge in [-0.15, -0.1) is 11.3 Å². The Morgan fingerprint density at radius 2 is 1.97 bits per heavy atom. The molecular weight excluding hydrogens is 563 g/mol. The van der Waals surface area contributed by atoms with Gasteiger partial charge in [0.1, 0.15) is 0 Å². The topological polar surface area (TPSA) is 96.0 Å². The van der Waals surface area contributed by atoms with Crippen molar-refractivity contribution in [1.29, 1.82) is 0 Å². The van der Waals surface area contributed by atoms with Crippen molar-refractivity contribution in [1.82, 2.24) is 9.99 Å². The molecule has 10 heteroatoms. The molecule has 1 aliphatic rings. The fourth-order valence-electron chi connectivity index (χ4n) is 3.57. The van der Waals surface area contributed by atoms with Crippen LogP contribution >= 0.6 is 33.9 Å². The van der Waals surface area contributed by atoms with E-state index < -0.39 is 11.1 Å². The molecule has 4 aromatic rings. The molecule has 1 atom stereocenters. The van der Waals surface area contributed by atoms with E-state index in [1.807, 2.05) is 47.8 Å². The zero-order valence-electron chi connectivity index (χ0n) is 17.6. The summed E-state index contributed by atoms with van der Waals surface area (Å²) in [5.74, 6) is 0.657. The molecule has 168 valence electrons. The van der Waals surface area contributed by atoms with E-state index in [1.165, 1.54) is 23.5 Å². The maximum Gasteiger partial charge on any atom is 0.270 e. The summed E-state index contributed by atoms with van der Waals surface area (Å²) in [6.45, 7) is 0. The number of aliphatic imine (C=N–C) groups is 1. The van der Waals surface area contributed by atoms with Gasteiger partial charge < -0.3 is 5.32 Å². The van der Waals surface area contributed by atoms with Crippen molar-refractivity contribution in [2.75, 3.05) is 5.32 Å². The Hall–Kier alpha value is -3.64. The number of hydrogen-bond donors (Lipinski definition) is 1. The first kappa shape index (κ1) is 22.2. The molecule has 0 saturated carbocycles. The molecule has 3 aromatic carbocycles. The summed E-state index contributed by atoms with van der Waals surface area (Å²) in [4.78, 5) is 20.1. The lowest BCUT2D eigenvalue weighted by atomic mass is 10.1. The number of nitrogens with one attached hydrogen (secondary N) is 1. The Bertz CT molecular complexity index is 1390. The maximum atomic E-state index is 11.2. The molecule has 0 spiro atoms. The number of benzene rings is 3. The predicted molar refractivity (Wildman–Crippen MR) is 143 cm³/mol. The van der Waals surface area contributed by atoms with Crippen LogP contribution in [0.25, 0.3) is 0 Å². The Morgan fingerprint density at radius 1 is 1.12 bits per heavy atom. The van der Waals surface area contributed by atoms with Gasteiger partial charge in [-0.05, 0) is 40.8 Å². The molecule has 2 heterocycles. The highest BCUT2D eigenvalue weighted by Crippen LogP contribution is 2.38. The lowest BCUT2D eigenvalue weighted by Gasteiger charge is -2.35. The van der Waals surface area contributed by atoms with Crippen LogP contribution in [0.2, 0.25) is 0 Å². The summed E-state index contributed by atoms with van der Waals surface area (Å²) >= 11 is 3.78. The quantitative estimate of drug-likeness (QED) is 0.127. The molecule has 8 nitrogen and oxygen atoms in total. The van der Waals surface area contributed by atoms with Gasteiger partial charge in [-0.3, -0.25) is 10.1 Å². The molecular formula is C24H17IN6O2S. The van der Waals surface area contributed by atoms with Gasteiger partial charge in [0.15, 0.2) is 17.1 Å². The third-order valence-corrected chi connectivity index (χ3v) is 6.48. The second-order valence-corrected chi connectivity index (χ2v) is 9.47. The van der Waals surface area contributed by atoms with Crippen molar-refractivity contribution in [3.05, 3.63) is 115 Å². The fourth-order valence-corrected chi connectivity index (χ4v) is 4.64. The van der Waals surface area contributed by atoms with E-state index in [2.05, 4.69) is 39.0 Å². The van der Waals surface area contributed by atoms with E-state index in [9.17, 15) is 10.1 Å². The third-order valence-electron chi connectivity index (χ3n) is 5.11. The smallest absolute Gasteiger partial charge is 0.270 e. The first-order valence-electron chi connectivity index (χ1n) is 10.3. The molecule has 1 unspecified atom stereocenters. The van der Waals surface area contributed by atoms with Crippen molar-refractivity contribution in [2.24, 2.45) is 10.1 Å². The van der Waals surface area contributed by atoms with Crippen LogP contribution in [0.15, 0.2) is 94.5 Å². The van der Waals surface area contributed by atoms with Gasteiger partial charge in [0.2, 0.25) is 0 Å². The number of thiazole rings is 1. The molecule has 5 rings (SSSR count). The summed E-state index contributed by atoms with van der Waals surface area (Å²) in [5.41, 5.74) is 3.32. The third kappa shape index (κ3) is 4.68. The highest BCUT2D eigenvalue weighted by molar-refractivity contribution is 14.1. The lowest BCUT2D eigenvalue weighted by molar-refractivity contribution is -0.384. The summed E-state index contributed by atoms with van der Waals surface area (Å²) in [6, 6.07) is 22.3. The number of aromatic nitrogens is 1. The van der Waals surface area contributed by atoms with Gasteiger partial charge in [-0.1, -0.05) is 42.5 Å². The van der Waals surface area contributed by atoms with E-state index in [-0.39, 0.29) is 5.69 Å². The summed E-state index contributed by atoms with van der Waals surface area (Å²) < 4.78 is 1.07. The van der Waals surface area contributed by atoms with Crippen LogP contribution < -0.4 is 5.32 Å². The Morgan fingerprint density at radius 3 is 2.74 bits per heavy atom. The lowest BCUT2D eigenvalue weighted by Crippen LogP contribution is -2.38. The minimum atomic E-state index is -0.417. The zero-order valence-corrected chi connectivity index (χ0v) is 20.6. The predicted octanol–water partition coefficient (Wildman–Crippen LogP) is 6.19. The summed E-state index contributed by atoms with van der Waals surface area (Å²) in [5, 5.41) is 23.9. The molecule has 1 N–H and O–H groups in total. The average molecular weight is 580 g/mol. The van der Waals surface area contributed by atoms with Gasteiger partial charge in [-0.25, -0.2) is 15.0 Å². The zero-order chi connectivity index (χ0) is 23.5. The molecule has 1 aliphatic heterocycles. The number of hydrogen-bond acceptors (Lipinski definition) is 8. The molecule has 1 aromatic heterocycles. The Kier molecular flexibility index (Phi) is 6.32. The monoisotopic (exact) mass is 580 g/mol. The molecule has 34 heavy (non-hydrogen) atoms. The average Bonchev–Trinajstić information content (AvgIpc) is 3.37. The van der Waals surface area contributed by atoms with E-state index in [4.69, 9.17) is 10.1 Å². The first-order chi connectivity index (χ1) is 16.6. The van der Waals surface area contributed by atoms with Crippen molar-refractivity contribution in [2.45, 2.75) is 6.17 Å². The molecule has 0 saturated heterocycles. The number of fused-ring (bicyclic) bond motifs is 1. The maximum absolute atomic E-state index is 11.2. The molecule has 0 bridgehead atoms. The summed E-state index contributed by atoms with van der Waals surface area (Å²) in [6.07, 6.45) is 2.97. The van der Waals surface area contributed by atoms with Crippen molar-refractivity contribution < 1.29 is 4.92 Å². The van der Waals surface area contributed by atoms with E-state index in [0.717, 1.165) is 25.5 Å². The number of non-ortho nitro benzene ring substituents is 1. The van der Waals surface area contributed by atoms with Gasteiger partial charge in [0, 0.05) is 44.0 Å². The van der Waals surface area contributed by atoms with Crippen LogP contribution in [0.4, 0.5) is 16.5 Å². The highest BCUT2D eigenvalue weighted by atomic mass is 127. The van der Waals surface area contributed by atoms with Gasteiger partial charge in [0.05, 0.1) is 16.8 Å². The molecule has 0 aliphatic carbocycles. The van der Waals surface area contributed by atoms with Crippen LogP contribution in [-0.2, 0) is 0 Å². The Labute approximate surface area is 213 Å². The number of halogens is 1. The van der Waals surface area contributed by atoms with Gasteiger partial charge >= 0.3 is 0 Å². The van der Waals surface area contributed by atoms with E-state index >= 15 is 0 Å². The SMILES string of the molecule is O=[N+]([O-])c1cccc(/C=N/N2C(c3ccccc3)=Nc3ccc(I)cc3C2Nc2nccs2)c1. The van der Waals surface area contributed by atoms with Crippen LogP contribution in [0, 0.1) is 13.7 Å². The molecule has 0 amide bonds. The standard InChI is InChI=1S/C24H17IN6O2S/c25-18-9-10-21-20(14-18)23(29-24-26-11-12-34-24)30(22(28-21)17-6-2-1-3-7-17)27-15-16-5-4-8-19(13-16)31(32)33/h1-15,23H,(H,26,29)/b27-15+. The number of nitrogens with zero attached hydrogens (tertiary/aromatic N) is 5.